The Hall–Kier alpha value is -1.88. The third kappa shape index (κ3) is 3.12. The molecular weight excluding hydrogens is 262 g/mol. The zero-order chi connectivity index (χ0) is 14.0. The summed E-state index contributed by atoms with van der Waals surface area (Å²) in [5.41, 5.74) is 2.04. The number of carbonyl (C=O) groups is 2. The van der Waals surface area contributed by atoms with Crippen LogP contribution in [0.3, 0.4) is 0 Å². The molecule has 0 aromatic heterocycles. The maximum Gasteiger partial charge on any atom is 0.329 e. The van der Waals surface area contributed by atoms with E-state index < -0.39 is 11.9 Å². The van der Waals surface area contributed by atoms with E-state index in [1.54, 1.807) is 0 Å². The lowest BCUT2D eigenvalue weighted by Gasteiger charge is -2.06. The molecule has 1 aliphatic rings. The Morgan fingerprint density at radius 2 is 1.95 bits per heavy atom. The number of hydrogen-bond donors (Lipinski definition) is 1. The first kappa shape index (κ1) is 13.5. The Labute approximate surface area is 115 Å². The molecule has 0 aliphatic carbocycles. The van der Waals surface area contributed by atoms with Crippen LogP contribution in [0.5, 0.6) is 0 Å². The van der Waals surface area contributed by atoms with Gasteiger partial charge in [0.1, 0.15) is 5.04 Å². The second kappa shape index (κ2) is 5.40. The minimum Gasteiger partial charge on any atom is -0.478 e. The van der Waals surface area contributed by atoms with Crippen molar-refractivity contribution in [3.8, 4) is 0 Å². The molecule has 0 bridgehead atoms. The zero-order valence-corrected chi connectivity index (χ0v) is 11.4. The lowest BCUT2D eigenvalue weighted by molar-refractivity contribution is -0.131. The maximum absolute atomic E-state index is 11.5. The number of carboxylic acids is 1. The number of carboxylic acid groups (broad SMARTS) is 1. The smallest absolute Gasteiger partial charge is 0.329 e. The van der Waals surface area contributed by atoms with E-state index in [1.165, 1.54) is 5.56 Å². The molecule has 0 unspecified atom stereocenters. The van der Waals surface area contributed by atoms with Crippen molar-refractivity contribution in [3.63, 3.8) is 0 Å². The Morgan fingerprint density at radius 1 is 1.32 bits per heavy atom. The largest absolute Gasteiger partial charge is 0.478 e. The Morgan fingerprint density at radius 3 is 2.47 bits per heavy atom. The van der Waals surface area contributed by atoms with Crippen LogP contribution in [0.4, 0.5) is 0 Å². The van der Waals surface area contributed by atoms with Gasteiger partial charge in [-0.05, 0) is 11.5 Å². The summed E-state index contributed by atoms with van der Waals surface area (Å²) in [6.07, 6.45) is 0.895. The van der Waals surface area contributed by atoms with Crippen LogP contribution in [0, 0.1) is 0 Å². The van der Waals surface area contributed by atoms with Crippen LogP contribution in [0.25, 0.3) is 0 Å². The summed E-state index contributed by atoms with van der Waals surface area (Å²) in [6, 6.07) is 7.79. The third-order valence-electron chi connectivity index (χ3n) is 2.70. The lowest BCUT2D eigenvalue weighted by atomic mass is 10.0. The lowest BCUT2D eigenvalue weighted by Crippen LogP contribution is -1.94. The number of amides is 1. The highest BCUT2D eigenvalue weighted by Crippen LogP contribution is 2.30. The van der Waals surface area contributed by atoms with Gasteiger partial charge in [0.15, 0.2) is 0 Å². The Kier molecular flexibility index (Phi) is 3.85. The van der Waals surface area contributed by atoms with Gasteiger partial charge in [-0.3, -0.25) is 4.79 Å². The molecular formula is C14H13NO3S. The van der Waals surface area contributed by atoms with Crippen molar-refractivity contribution in [2.45, 2.75) is 19.8 Å². The quantitative estimate of drug-likeness (QED) is 0.861. The van der Waals surface area contributed by atoms with Crippen molar-refractivity contribution in [1.82, 2.24) is 0 Å². The summed E-state index contributed by atoms with van der Waals surface area (Å²) in [4.78, 5) is 26.1. The van der Waals surface area contributed by atoms with Crippen LogP contribution >= 0.6 is 11.8 Å². The second-order valence-corrected chi connectivity index (χ2v) is 5.48. The predicted molar refractivity (Wildman–Crippen MR) is 75.4 cm³/mol. The van der Waals surface area contributed by atoms with Crippen molar-refractivity contribution >= 4 is 28.7 Å². The average molecular weight is 275 g/mol. The van der Waals surface area contributed by atoms with Crippen LogP contribution in [0.2, 0.25) is 0 Å². The predicted octanol–water partition coefficient (Wildman–Crippen LogP) is 2.80. The fraction of sp³-hybridized carbons (Fsp3) is 0.214. The molecule has 0 fully saturated rings. The molecule has 1 heterocycles. The average Bonchev–Trinajstić information content (AvgIpc) is 2.70. The molecule has 1 N–H and O–H groups in total. The van der Waals surface area contributed by atoms with Crippen LogP contribution in [-0.4, -0.2) is 22.0 Å². The van der Waals surface area contributed by atoms with Crippen molar-refractivity contribution in [1.29, 1.82) is 0 Å². The van der Waals surface area contributed by atoms with Crippen molar-refractivity contribution in [2.75, 3.05) is 0 Å². The van der Waals surface area contributed by atoms with E-state index in [2.05, 4.69) is 18.8 Å². The molecule has 0 radical (unpaired) electrons. The van der Waals surface area contributed by atoms with Gasteiger partial charge in [-0.1, -0.05) is 49.9 Å². The SMILES string of the molecule is CC(C)c1ccc(C2=NC(=O)/C(=C\C(=O)O)S2)cc1. The Balaban J connectivity index is 2.23. The third-order valence-corrected chi connectivity index (χ3v) is 3.73. The van der Waals surface area contributed by atoms with Crippen LogP contribution in [0.1, 0.15) is 30.9 Å². The Bertz CT molecular complexity index is 585. The second-order valence-electron chi connectivity index (χ2n) is 4.45. The molecule has 0 atom stereocenters. The van der Waals surface area contributed by atoms with Crippen molar-refractivity contribution in [3.05, 3.63) is 46.4 Å². The van der Waals surface area contributed by atoms with Crippen molar-refractivity contribution < 1.29 is 14.7 Å². The first-order valence-electron chi connectivity index (χ1n) is 5.83. The van der Waals surface area contributed by atoms with Gasteiger partial charge in [0.05, 0.1) is 4.91 Å². The number of nitrogens with zero attached hydrogens (tertiary/aromatic N) is 1. The molecule has 4 nitrogen and oxygen atoms in total. The topological polar surface area (TPSA) is 66.7 Å². The van der Waals surface area contributed by atoms with E-state index in [0.29, 0.717) is 11.0 Å². The van der Waals surface area contributed by atoms with Crippen LogP contribution in [0.15, 0.2) is 40.2 Å². The molecule has 1 amide bonds. The van der Waals surface area contributed by atoms with Gasteiger partial charge in [-0.2, -0.15) is 0 Å². The number of carbonyl (C=O) groups excluding carboxylic acids is 1. The van der Waals surface area contributed by atoms with E-state index in [4.69, 9.17) is 5.11 Å². The van der Waals surface area contributed by atoms with Gasteiger partial charge in [-0.25, -0.2) is 9.79 Å². The summed E-state index contributed by atoms with van der Waals surface area (Å²) in [6.45, 7) is 4.21. The first-order chi connectivity index (χ1) is 8.97. The monoisotopic (exact) mass is 275 g/mol. The van der Waals surface area contributed by atoms with E-state index >= 15 is 0 Å². The summed E-state index contributed by atoms with van der Waals surface area (Å²) in [5, 5.41) is 9.20. The first-order valence-corrected chi connectivity index (χ1v) is 6.65. The number of benzene rings is 1. The van der Waals surface area contributed by atoms with E-state index in [1.807, 2.05) is 24.3 Å². The molecule has 2 rings (SSSR count). The molecule has 1 aliphatic heterocycles. The van der Waals surface area contributed by atoms with Crippen LogP contribution < -0.4 is 0 Å². The van der Waals surface area contributed by atoms with Gasteiger partial charge >= 0.3 is 5.97 Å². The highest BCUT2D eigenvalue weighted by molar-refractivity contribution is 8.19. The minimum atomic E-state index is -1.14. The minimum absolute atomic E-state index is 0.149. The van der Waals surface area contributed by atoms with E-state index in [9.17, 15) is 9.59 Å². The molecule has 19 heavy (non-hydrogen) atoms. The fourth-order valence-corrected chi connectivity index (χ4v) is 2.54. The number of aliphatic carboxylic acids is 1. The van der Waals surface area contributed by atoms with Gasteiger partial charge in [0.2, 0.25) is 0 Å². The molecule has 0 saturated heterocycles. The molecule has 5 heteroatoms. The summed E-state index contributed by atoms with van der Waals surface area (Å²) in [5.74, 6) is -1.19. The standard InChI is InChI=1S/C14H13NO3S/c1-8(2)9-3-5-10(6-4-9)14-15-13(18)11(19-14)7-12(16)17/h3-8H,1-2H3,(H,16,17)/b11-7+. The van der Waals surface area contributed by atoms with Crippen LogP contribution in [-0.2, 0) is 9.59 Å². The number of aliphatic imine (C=N–C) groups is 1. The van der Waals surface area contributed by atoms with Gasteiger partial charge in [-0.15, -0.1) is 0 Å². The number of rotatable bonds is 3. The summed E-state index contributed by atoms with van der Waals surface area (Å²) in [7, 11) is 0. The molecule has 1 aromatic rings. The van der Waals surface area contributed by atoms with E-state index in [-0.39, 0.29) is 4.91 Å². The molecule has 0 saturated carbocycles. The molecule has 1 aromatic carbocycles. The van der Waals surface area contributed by atoms with Gasteiger partial charge < -0.3 is 5.11 Å². The zero-order valence-electron chi connectivity index (χ0n) is 10.6. The maximum atomic E-state index is 11.5. The van der Waals surface area contributed by atoms with E-state index in [0.717, 1.165) is 23.4 Å². The highest BCUT2D eigenvalue weighted by Gasteiger charge is 2.23. The fourth-order valence-electron chi connectivity index (χ4n) is 1.66. The summed E-state index contributed by atoms with van der Waals surface area (Å²) >= 11 is 1.10. The molecule has 98 valence electrons. The number of hydrogen-bond acceptors (Lipinski definition) is 3. The van der Waals surface area contributed by atoms with Gasteiger partial charge in [0.25, 0.3) is 5.91 Å². The normalized spacial score (nSPS) is 17.1. The number of thioether (sulfide) groups is 1. The summed E-state index contributed by atoms with van der Waals surface area (Å²) < 4.78 is 0. The highest BCUT2D eigenvalue weighted by atomic mass is 32.2. The van der Waals surface area contributed by atoms with Gasteiger partial charge in [0, 0.05) is 11.6 Å². The van der Waals surface area contributed by atoms with Crippen molar-refractivity contribution in [2.24, 2.45) is 4.99 Å². The molecule has 0 spiro atoms.